The van der Waals surface area contributed by atoms with Crippen LogP contribution in [0.15, 0.2) is 12.1 Å². The first-order chi connectivity index (χ1) is 7.61. The average molecular weight is 227 g/mol. The van der Waals surface area contributed by atoms with Crippen molar-refractivity contribution in [2.24, 2.45) is 0 Å². The van der Waals surface area contributed by atoms with Gasteiger partial charge in [0.05, 0.1) is 6.10 Å². The molecule has 0 atom stereocenters. The van der Waals surface area contributed by atoms with Crippen molar-refractivity contribution in [2.45, 2.75) is 31.9 Å². The summed E-state index contributed by atoms with van der Waals surface area (Å²) >= 11 is 0. The molecule has 2 nitrogen and oxygen atoms in total. The maximum Gasteiger partial charge on any atom is 0.152 e. The second-order valence-corrected chi connectivity index (χ2v) is 4.22. The number of halogens is 2. The van der Waals surface area contributed by atoms with Gasteiger partial charge in [-0.1, -0.05) is 6.07 Å². The highest BCUT2D eigenvalue weighted by atomic mass is 19.1. The van der Waals surface area contributed by atoms with Gasteiger partial charge in [-0.25, -0.2) is 8.78 Å². The molecule has 1 aliphatic carbocycles. The Morgan fingerprint density at radius 2 is 2.00 bits per heavy atom. The number of nitrogens with one attached hydrogen (secondary N) is 1. The molecule has 0 spiro atoms. The summed E-state index contributed by atoms with van der Waals surface area (Å²) in [5, 5.41) is 2.89. The van der Waals surface area contributed by atoms with E-state index in [9.17, 15) is 8.78 Å². The number of rotatable bonds is 3. The minimum atomic E-state index is -0.538. The number of hydrogen-bond donors (Lipinski definition) is 1. The zero-order valence-electron chi connectivity index (χ0n) is 9.39. The van der Waals surface area contributed by atoms with Gasteiger partial charge in [0.1, 0.15) is 11.5 Å². The molecule has 0 radical (unpaired) electrons. The van der Waals surface area contributed by atoms with Gasteiger partial charge >= 0.3 is 0 Å². The lowest BCUT2D eigenvalue weighted by atomic mass is 9.89. The molecule has 4 heteroatoms. The highest BCUT2D eigenvalue weighted by Crippen LogP contribution is 2.29. The van der Waals surface area contributed by atoms with Crippen LogP contribution in [0, 0.1) is 18.6 Å². The van der Waals surface area contributed by atoms with Crippen molar-refractivity contribution < 1.29 is 13.5 Å². The molecule has 0 aromatic heterocycles. The maximum atomic E-state index is 13.6. The maximum absolute atomic E-state index is 13.6. The molecule has 0 aliphatic heterocycles. The first-order valence-electron chi connectivity index (χ1n) is 5.35. The zero-order chi connectivity index (χ0) is 11.7. The van der Waals surface area contributed by atoms with Gasteiger partial charge in [-0.2, -0.15) is 0 Å². The SMILES string of the molecule is COC1CC(Nc2c(F)ccc(C)c2F)C1. The molecule has 16 heavy (non-hydrogen) atoms. The first kappa shape index (κ1) is 11.3. The fourth-order valence-electron chi connectivity index (χ4n) is 1.87. The lowest BCUT2D eigenvalue weighted by molar-refractivity contribution is 0.0327. The summed E-state index contributed by atoms with van der Waals surface area (Å²) in [6.45, 7) is 1.62. The van der Waals surface area contributed by atoms with E-state index in [2.05, 4.69) is 5.32 Å². The number of ether oxygens (including phenoxy) is 1. The second kappa shape index (κ2) is 4.37. The summed E-state index contributed by atoms with van der Waals surface area (Å²) in [7, 11) is 1.65. The summed E-state index contributed by atoms with van der Waals surface area (Å²) in [5.41, 5.74) is 0.436. The van der Waals surface area contributed by atoms with E-state index in [0.717, 1.165) is 12.8 Å². The van der Waals surface area contributed by atoms with Gasteiger partial charge in [0.15, 0.2) is 5.82 Å². The Morgan fingerprint density at radius 3 is 2.62 bits per heavy atom. The van der Waals surface area contributed by atoms with E-state index in [0.29, 0.717) is 5.56 Å². The minimum absolute atomic E-state index is 0.0143. The van der Waals surface area contributed by atoms with Crippen molar-refractivity contribution in [1.82, 2.24) is 0 Å². The topological polar surface area (TPSA) is 21.3 Å². The molecule has 1 aliphatic rings. The van der Waals surface area contributed by atoms with Gasteiger partial charge in [-0.3, -0.25) is 0 Å². The Bertz CT molecular complexity index is 389. The van der Waals surface area contributed by atoms with Crippen LogP contribution in [0.3, 0.4) is 0 Å². The molecule has 1 saturated carbocycles. The van der Waals surface area contributed by atoms with Crippen LogP contribution in [0.4, 0.5) is 14.5 Å². The van der Waals surface area contributed by atoms with Gasteiger partial charge < -0.3 is 10.1 Å². The van der Waals surface area contributed by atoms with Crippen LogP contribution in [0.2, 0.25) is 0 Å². The molecule has 0 heterocycles. The lowest BCUT2D eigenvalue weighted by Crippen LogP contribution is -2.40. The number of methoxy groups -OCH3 is 1. The van der Waals surface area contributed by atoms with E-state index in [1.54, 1.807) is 14.0 Å². The number of anilines is 1. The van der Waals surface area contributed by atoms with Crippen LogP contribution >= 0.6 is 0 Å². The predicted molar refractivity (Wildman–Crippen MR) is 58.5 cm³/mol. The van der Waals surface area contributed by atoms with Crippen LogP contribution in [0.25, 0.3) is 0 Å². The summed E-state index contributed by atoms with van der Waals surface area (Å²) in [6, 6.07) is 2.83. The van der Waals surface area contributed by atoms with Crippen molar-refractivity contribution in [3.05, 3.63) is 29.3 Å². The van der Waals surface area contributed by atoms with Crippen molar-refractivity contribution in [3.63, 3.8) is 0 Å². The predicted octanol–water partition coefficient (Wildman–Crippen LogP) is 2.86. The summed E-state index contributed by atoms with van der Waals surface area (Å²) < 4.78 is 32.1. The second-order valence-electron chi connectivity index (χ2n) is 4.22. The molecule has 1 aromatic rings. The van der Waals surface area contributed by atoms with Crippen molar-refractivity contribution in [2.75, 3.05) is 12.4 Å². The summed E-state index contributed by atoms with van der Waals surface area (Å²) in [5.74, 6) is -1.04. The molecule has 0 saturated heterocycles. The zero-order valence-corrected chi connectivity index (χ0v) is 9.39. The quantitative estimate of drug-likeness (QED) is 0.857. The highest BCUT2D eigenvalue weighted by Gasteiger charge is 2.30. The molecule has 88 valence electrons. The van der Waals surface area contributed by atoms with E-state index < -0.39 is 11.6 Å². The van der Waals surface area contributed by atoms with Crippen LogP contribution in [-0.4, -0.2) is 19.3 Å². The van der Waals surface area contributed by atoms with Crippen LogP contribution < -0.4 is 5.32 Å². The molecule has 1 fully saturated rings. The van der Waals surface area contributed by atoms with E-state index in [4.69, 9.17) is 4.74 Å². The third-order valence-corrected chi connectivity index (χ3v) is 3.06. The van der Waals surface area contributed by atoms with Crippen LogP contribution in [-0.2, 0) is 4.74 Å². The molecule has 0 amide bonds. The Balaban J connectivity index is 2.07. The highest BCUT2D eigenvalue weighted by molar-refractivity contribution is 5.50. The Morgan fingerprint density at radius 1 is 1.31 bits per heavy atom. The monoisotopic (exact) mass is 227 g/mol. The first-order valence-corrected chi connectivity index (χ1v) is 5.35. The number of benzene rings is 1. The number of aryl methyl sites for hydroxylation is 1. The Kier molecular flexibility index (Phi) is 3.10. The van der Waals surface area contributed by atoms with E-state index >= 15 is 0 Å². The summed E-state index contributed by atoms with van der Waals surface area (Å²) in [4.78, 5) is 0. The fraction of sp³-hybridized carbons (Fsp3) is 0.500. The minimum Gasteiger partial charge on any atom is -0.381 e. The molecule has 0 bridgehead atoms. The van der Waals surface area contributed by atoms with E-state index in [-0.39, 0.29) is 17.8 Å². The van der Waals surface area contributed by atoms with Gasteiger partial charge in [0.2, 0.25) is 0 Å². The van der Waals surface area contributed by atoms with E-state index in [1.807, 2.05) is 0 Å². The Labute approximate surface area is 93.6 Å². The van der Waals surface area contributed by atoms with Gasteiger partial charge in [-0.15, -0.1) is 0 Å². The summed E-state index contributed by atoms with van der Waals surface area (Å²) in [6.07, 6.45) is 1.81. The largest absolute Gasteiger partial charge is 0.381 e. The molecule has 2 rings (SSSR count). The normalized spacial score (nSPS) is 24.0. The van der Waals surface area contributed by atoms with Gasteiger partial charge in [0, 0.05) is 13.2 Å². The fourth-order valence-corrected chi connectivity index (χ4v) is 1.87. The van der Waals surface area contributed by atoms with Crippen molar-refractivity contribution in [3.8, 4) is 0 Å². The third-order valence-electron chi connectivity index (χ3n) is 3.06. The van der Waals surface area contributed by atoms with Crippen molar-refractivity contribution >= 4 is 5.69 Å². The van der Waals surface area contributed by atoms with Crippen molar-refractivity contribution in [1.29, 1.82) is 0 Å². The lowest BCUT2D eigenvalue weighted by Gasteiger charge is -2.35. The standard InChI is InChI=1S/C12H15F2NO/c1-7-3-4-10(13)12(11(7)14)15-8-5-9(6-8)16-2/h3-4,8-9,15H,5-6H2,1-2H3. The van der Waals surface area contributed by atoms with Crippen LogP contribution in [0.5, 0.6) is 0 Å². The molecule has 1 N–H and O–H groups in total. The van der Waals surface area contributed by atoms with E-state index in [1.165, 1.54) is 12.1 Å². The molecular weight excluding hydrogens is 212 g/mol. The van der Waals surface area contributed by atoms with Crippen LogP contribution in [0.1, 0.15) is 18.4 Å². The Hall–Kier alpha value is -1.16. The van der Waals surface area contributed by atoms with Gasteiger partial charge in [-0.05, 0) is 31.4 Å². The molecular formula is C12H15F2NO. The average Bonchev–Trinajstić information content (AvgIpc) is 2.21. The van der Waals surface area contributed by atoms with Gasteiger partial charge in [0.25, 0.3) is 0 Å². The smallest absolute Gasteiger partial charge is 0.152 e. The number of hydrogen-bond acceptors (Lipinski definition) is 2. The molecule has 1 aromatic carbocycles. The third kappa shape index (κ3) is 2.02. The molecule has 0 unspecified atom stereocenters.